The van der Waals surface area contributed by atoms with Gasteiger partial charge in [0.15, 0.2) is 0 Å². The fourth-order valence-electron chi connectivity index (χ4n) is 2.99. The zero-order chi connectivity index (χ0) is 15.2. The summed E-state index contributed by atoms with van der Waals surface area (Å²) in [5.74, 6) is 0. The van der Waals surface area contributed by atoms with E-state index in [1.165, 1.54) is 36.8 Å². The average molecular weight is 275 g/mol. The van der Waals surface area contributed by atoms with Gasteiger partial charge in [-0.15, -0.1) is 0 Å². The molecule has 0 spiro atoms. The number of rotatable bonds is 7. The second-order valence-electron chi connectivity index (χ2n) is 7.25. The van der Waals surface area contributed by atoms with Crippen molar-refractivity contribution in [2.75, 3.05) is 6.54 Å². The predicted octanol–water partition coefficient (Wildman–Crippen LogP) is 5.22. The molecule has 0 saturated carbocycles. The first-order valence-electron chi connectivity index (χ1n) is 8.15. The molecule has 0 amide bonds. The molecule has 1 aromatic carbocycles. The number of hydrogen-bond donors (Lipinski definition) is 1. The zero-order valence-corrected chi connectivity index (χ0v) is 14.3. The lowest BCUT2D eigenvalue weighted by molar-refractivity contribution is 0.292. The van der Waals surface area contributed by atoms with Crippen molar-refractivity contribution in [3.05, 3.63) is 35.4 Å². The quantitative estimate of drug-likeness (QED) is 0.719. The van der Waals surface area contributed by atoms with Crippen LogP contribution in [0, 0.1) is 6.92 Å². The first-order valence-corrected chi connectivity index (χ1v) is 8.15. The Kier molecular flexibility index (Phi) is 6.26. The summed E-state index contributed by atoms with van der Waals surface area (Å²) in [4.78, 5) is 0. The van der Waals surface area contributed by atoms with Crippen LogP contribution in [0.3, 0.4) is 0 Å². The van der Waals surface area contributed by atoms with Gasteiger partial charge in [-0.1, -0.05) is 56.5 Å². The van der Waals surface area contributed by atoms with E-state index < -0.39 is 0 Å². The molecule has 0 saturated heterocycles. The van der Waals surface area contributed by atoms with Crippen LogP contribution < -0.4 is 5.32 Å². The molecule has 0 fully saturated rings. The smallest absolute Gasteiger partial charge is 0.00968 e. The second kappa shape index (κ2) is 7.26. The lowest BCUT2D eigenvalue weighted by atomic mass is 9.73. The molecule has 0 aliphatic rings. The van der Waals surface area contributed by atoms with Crippen LogP contribution in [0.15, 0.2) is 24.3 Å². The van der Waals surface area contributed by atoms with E-state index in [1.54, 1.807) is 0 Å². The summed E-state index contributed by atoms with van der Waals surface area (Å²) < 4.78 is 0. The van der Waals surface area contributed by atoms with E-state index in [2.05, 4.69) is 71.1 Å². The van der Waals surface area contributed by atoms with Crippen molar-refractivity contribution in [1.82, 2.24) is 5.32 Å². The monoisotopic (exact) mass is 275 g/mol. The van der Waals surface area contributed by atoms with E-state index in [9.17, 15) is 0 Å². The molecule has 114 valence electrons. The van der Waals surface area contributed by atoms with Crippen LogP contribution in [0.2, 0.25) is 0 Å². The highest BCUT2D eigenvalue weighted by Crippen LogP contribution is 2.34. The molecular weight excluding hydrogens is 242 g/mol. The van der Waals surface area contributed by atoms with Crippen LogP contribution in [0.1, 0.15) is 71.4 Å². The maximum atomic E-state index is 3.75. The highest BCUT2D eigenvalue weighted by atomic mass is 15.0. The van der Waals surface area contributed by atoms with Crippen molar-refractivity contribution >= 4 is 0 Å². The van der Waals surface area contributed by atoms with E-state index in [-0.39, 0.29) is 11.0 Å². The summed E-state index contributed by atoms with van der Waals surface area (Å²) in [6.07, 6.45) is 4.99. The number of benzene rings is 1. The van der Waals surface area contributed by atoms with Gasteiger partial charge < -0.3 is 5.32 Å². The summed E-state index contributed by atoms with van der Waals surface area (Å²) >= 11 is 0. The van der Waals surface area contributed by atoms with Gasteiger partial charge in [-0.3, -0.25) is 0 Å². The van der Waals surface area contributed by atoms with Crippen LogP contribution in [0.25, 0.3) is 0 Å². The van der Waals surface area contributed by atoms with Crippen molar-refractivity contribution in [2.45, 2.75) is 78.2 Å². The second-order valence-corrected chi connectivity index (χ2v) is 7.25. The normalized spacial score (nSPS) is 12.7. The molecule has 1 heteroatoms. The summed E-state index contributed by atoms with van der Waals surface area (Å²) in [6.45, 7) is 14.6. The summed E-state index contributed by atoms with van der Waals surface area (Å²) in [5.41, 5.74) is 3.31. The maximum absolute atomic E-state index is 3.75. The van der Waals surface area contributed by atoms with Gasteiger partial charge in [-0.25, -0.2) is 0 Å². The van der Waals surface area contributed by atoms with Crippen LogP contribution in [-0.4, -0.2) is 12.1 Å². The number of nitrogens with one attached hydrogen (secondary N) is 1. The highest BCUT2D eigenvalue weighted by Gasteiger charge is 2.31. The minimum Gasteiger partial charge on any atom is -0.311 e. The molecule has 0 aromatic heterocycles. The van der Waals surface area contributed by atoms with Crippen LogP contribution >= 0.6 is 0 Å². The molecule has 1 aromatic rings. The van der Waals surface area contributed by atoms with Gasteiger partial charge in [0, 0.05) is 17.5 Å². The SMILES string of the molecule is CCCC(CCC)(CNC(C)(C)C)c1ccc(C)cc1. The molecular formula is C19H33N. The van der Waals surface area contributed by atoms with Gasteiger partial charge in [0.25, 0.3) is 0 Å². The van der Waals surface area contributed by atoms with Gasteiger partial charge in [0.05, 0.1) is 0 Å². The molecule has 0 heterocycles. The van der Waals surface area contributed by atoms with Crippen molar-refractivity contribution in [3.63, 3.8) is 0 Å². The first-order chi connectivity index (χ1) is 9.33. The molecule has 0 radical (unpaired) electrons. The van der Waals surface area contributed by atoms with Gasteiger partial charge in [0.2, 0.25) is 0 Å². The van der Waals surface area contributed by atoms with E-state index >= 15 is 0 Å². The molecule has 1 rings (SSSR count). The minimum absolute atomic E-state index is 0.178. The lowest BCUT2D eigenvalue weighted by Gasteiger charge is -2.37. The fraction of sp³-hybridized carbons (Fsp3) is 0.684. The van der Waals surface area contributed by atoms with Crippen LogP contribution in [0.5, 0.6) is 0 Å². The molecule has 0 bridgehead atoms. The predicted molar refractivity (Wildman–Crippen MR) is 90.4 cm³/mol. The number of aryl methyl sites for hydroxylation is 1. The largest absolute Gasteiger partial charge is 0.311 e. The third-order valence-corrected chi connectivity index (χ3v) is 4.08. The Balaban J connectivity index is 3.05. The van der Waals surface area contributed by atoms with Gasteiger partial charge in [0.1, 0.15) is 0 Å². The van der Waals surface area contributed by atoms with Crippen molar-refractivity contribution < 1.29 is 0 Å². The molecule has 20 heavy (non-hydrogen) atoms. The molecule has 0 aliphatic heterocycles. The number of hydrogen-bond acceptors (Lipinski definition) is 1. The van der Waals surface area contributed by atoms with Crippen molar-refractivity contribution in [2.24, 2.45) is 0 Å². The minimum atomic E-state index is 0.178. The van der Waals surface area contributed by atoms with Gasteiger partial charge in [-0.2, -0.15) is 0 Å². The Morgan fingerprint density at radius 2 is 1.40 bits per heavy atom. The lowest BCUT2D eigenvalue weighted by Crippen LogP contribution is -2.46. The summed E-state index contributed by atoms with van der Waals surface area (Å²) in [6, 6.07) is 9.19. The molecule has 0 unspecified atom stereocenters. The topological polar surface area (TPSA) is 12.0 Å². The average Bonchev–Trinajstić information content (AvgIpc) is 2.36. The maximum Gasteiger partial charge on any atom is 0.00968 e. The Morgan fingerprint density at radius 3 is 1.80 bits per heavy atom. The van der Waals surface area contributed by atoms with E-state index in [0.717, 1.165) is 6.54 Å². The first kappa shape index (κ1) is 17.2. The van der Waals surface area contributed by atoms with Crippen molar-refractivity contribution in [1.29, 1.82) is 0 Å². The molecule has 0 aliphatic carbocycles. The molecule has 1 N–H and O–H groups in total. The van der Waals surface area contributed by atoms with Crippen LogP contribution in [-0.2, 0) is 5.41 Å². The van der Waals surface area contributed by atoms with E-state index in [0.29, 0.717) is 0 Å². The summed E-state index contributed by atoms with van der Waals surface area (Å²) in [5, 5.41) is 3.75. The standard InChI is InChI=1S/C19H33N/c1-7-13-19(14-8-2,15-20-18(4,5)6)17-11-9-16(3)10-12-17/h9-12,20H,7-8,13-15H2,1-6H3. The highest BCUT2D eigenvalue weighted by molar-refractivity contribution is 5.29. The third-order valence-electron chi connectivity index (χ3n) is 4.08. The summed E-state index contributed by atoms with van der Waals surface area (Å²) in [7, 11) is 0. The Labute approximate surface area is 126 Å². The third kappa shape index (κ3) is 4.94. The van der Waals surface area contributed by atoms with Crippen molar-refractivity contribution in [3.8, 4) is 0 Å². The Hall–Kier alpha value is -0.820. The fourth-order valence-corrected chi connectivity index (χ4v) is 2.99. The Morgan fingerprint density at radius 1 is 0.900 bits per heavy atom. The van der Waals surface area contributed by atoms with E-state index in [4.69, 9.17) is 0 Å². The van der Waals surface area contributed by atoms with Gasteiger partial charge >= 0.3 is 0 Å². The van der Waals surface area contributed by atoms with E-state index in [1.807, 2.05) is 0 Å². The Bertz CT molecular complexity index is 377. The van der Waals surface area contributed by atoms with Gasteiger partial charge in [-0.05, 0) is 46.1 Å². The molecule has 0 atom stereocenters. The zero-order valence-electron chi connectivity index (χ0n) is 14.3. The molecule has 1 nitrogen and oxygen atoms in total. The van der Waals surface area contributed by atoms with Crippen LogP contribution in [0.4, 0.5) is 0 Å².